The average Bonchev–Trinajstić information content (AvgIpc) is 3.41. The fraction of sp³-hybridized carbons (Fsp3) is 0.680. The van der Waals surface area contributed by atoms with E-state index >= 15 is 0 Å². The molecule has 0 radical (unpaired) electrons. The molecule has 2 heterocycles. The van der Waals surface area contributed by atoms with Crippen molar-refractivity contribution in [1.82, 2.24) is 15.1 Å². The van der Waals surface area contributed by atoms with E-state index in [0.717, 1.165) is 78.5 Å². The molecule has 3 unspecified atom stereocenters. The van der Waals surface area contributed by atoms with Gasteiger partial charge < -0.3 is 5.32 Å². The summed E-state index contributed by atoms with van der Waals surface area (Å²) in [6.07, 6.45) is 8.99. The topological polar surface area (TPSA) is 46.9 Å². The Kier molecular flexibility index (Phi) is 6.37. The molecule has 3 fully saturated rings. The molecular formula is C25H33Cl2N3OS. The van der Waals surface area contributed by atoms with Crippen molar-refractivity contribution in [2.45, 2.75) is 71.8 Å². The van der Waals surface area contributed by atoms with Gasteiger partial charge in [-0.05, 0) is 66.9 Å². The van der Waals surface area contributed by atoms with Crippen molar-refractivity contribution >= 4 is 40.4 Å². The molecule has 1 N–H and O–H groups in total. The van der Waals surface area contributed by atoms with E-state index in [4.69, 9.17) is 28.3 Å². The molecular weight excluding hydrogens is 461 g/mol. The molecule has 1 amide bonds. The average molecular weight is 495 g/mol. The van der Waals surface area contributed by atoms with Crippen LogP contribution in [0, 0.1) is 23.2 Å². The molecule has 32 heavy (non-hydrogen) atoms. The second-order valence-electron chi connectivity index (χ2n) is 10.5. The molecule has 4 aliphatic carbocycles. The van der Waals surface area contributed by atoms with Gasteiger partial charge in [0.05, 0.1) is 14.9 Å². The Morgan fingerprint density at radius 2 is 2.09 bits per heavy atom. The Labute approximate surface area is 205 Å². The smallest absolute Gasteiger partial charge is 0.272 e. The van der Waals surface area contributed by atoms with Crippen molar-refractivity contribution in [3.63, 3.8) is 0 Å². The molecule has 0 spiro atoms. The van der Waals surface area contributed by atoms with Gasteiger partial charge in [0, 0.05) is 31.0 Å². The summed E-state index contributed by atoms with van der Waals surface area (Å²) in [7, 11) is 0. The number of halogens is 2. The number of carbonyl (C=O) groups excluding carboxylic acids is 1. The molecule has 174 valence electrons. The molecule has 3 atom stereocenters. The third-order valence-corrected chi connectivity index (χ3v) is 9.99. The Balaban J connectivity index is 1.30. The van der Waals surface area contributed by atoms with Crippen molar-refractivity contribution < 1.29 is 4.79 Å². The van der Waals surface area contributed by atoms with Crippen molar-refractivity contribution in [2.24, 2.45) is 23.2 Å². The zero-order valence-electron chi connectivity index (χ0n) is 19.1. The van der Waals surface area contributed by atoms with Crippen molar-refractivity contribution in [3.05, 3.63) is 27.2 Å². The summed E-state index contributed by atoms with van der Waals surface area (Å²) in [4.78, 5) is 14.5. The highest BCUT2D eigenvalue weighted by atomic mass is 35.5. The van der Waals surface area contributed by atoms with Gasteiger partial charge in [-0.2, -0.15) is 5.10 Å². The van der Waals surface area contributed by atoms with Gasteiger partial charge >= 0.3 is 0 Å². The highest BCUT2D eigenvalue weighted by Gasteiger charge is 2.54. The first-order chi connectivity index (χ1) is 15.4. The Morgan fingerprint density at radius 1 is 1.28 bits per heavy atom. The Morgan fingerprint density at radius 3 is 2.84 bits per heavy atom. The summed E-state index contributed by atoms with van der Waals surface area (Å²) in [6.45, 7) is 6.41. The lowest BCUT2D eigenvalue weighted by atomic mass is 9.45. The summed E-state index contributed by atoms with van der Waals surface area (Å²) < 4.78 is 2.87. The molecule has 0 aromatic carbocycles. The molecule has 0 saturated heterocycles. The standard InChI is InChI=1S/C25H33Cl2N3OS/c1-25(2)17-8-7-15(19(25)13-17)14-28-24(31)21-18-11-16-12-20(27)32-23(16)22(18)30(29-21)10-6-4-3-5-9-26/h12,15,17,19H,3-11,13-14H2,1-2H3,(H,28,31). The van der Waals surface area contributed by atoms with Crippen LogP contribution in [0.25, 0.3) is 10.6 Å². The van der Waals surface area contributed by atoms with Crippen LogP contribution in [-0.4, -0.2) is 28.1 Å². The van der Waals surface area contributed by atoms with Crippen molar-refractivity contribution in [3.8, 4) is 10.6 Å². The van der Waals surface area contributed by atoms with Crippen LogP contribution in [0.3, 0.4) is 0 Å². The third-order valence-electron chi connectivity index (χ3n) is 8.41. The van der Waals surface area contributed by atoms with Gasteiger partial charge in [0.15, 0.2) is 5.69 Å². The Bertz CT molecular complexity index is 1010. The zero-order valence-corrected chi connectivity index (χ0v) is 21.4. The molecule has 2 bridgehead atoms. The monoisotopic (exact) mass is 493 g/mol. The van der Waals surface area contributed by atoms with Crippen LogP contribution >= 0.6 is 34.5 Å². The number of amides is 1. The van der Waals surface area contributed by atoms with Crippen LogP contribution < -0.4 is 5.32 Å². The van der Waals surface area contributed by atoms with E-state index in [2.05, 4.69) is 23.8 Å². The van der Waals surface area contributed by atoms with E-state index in [1.165, 1.54) is 29.7 Å². The van der Waals surface area contributed by atoms with E-state index in [9.17, 15) is 4.79 Å². The van der Waals surface area contributed by atoms with Crippen LogP contribution in [0.4, 0.5) is 0 Å². The van der Waals surface area contributed by atoms with Crippen LogP contribution in [0.15, 0.2) is 6.07 Å². The highest BCUT2D eigenvalue weighted by molar-refractivity contribution is 7.19. The maximum Gasteiger partial charge on any atom is 0.272 e. The quantitative estimate of drug-likeness (QED) is 0.264. The fourth-order valence-corrected chi connectivity index (χ4v) is 7.94. The number of unbranched alkanes of at least 4 members (excludes halogenated alkanes) is 3. The third kappa shape index (κ3) is 3.92. The minimum Gasteiger partial charge on any atom is -0.350 e. The van der Waals surface area contributed by atoms with Gasteiger partial charge in [-0.1, -0.05) is 38.3 Å². The number of fused-ring (bicyclic) bond motifs is 5. The number of carbonyl (C=O) groups is 1. The number of hydrogen-bond donors (Lipinski definition) is 1. The highest BCUT2D eigenvalue weighted by Crippen LogP contribution is 2.61. The maximum atomic E-state index is 13.3. The molecule has 3 saturated carbocycles. The van der Waals surface area contributed by atoms with Gasteiger partial charge in [-0.3, -0.25) is 9.48 Å². The van der Waals surface area contributed by atoms with E-state index in [0.29, 0.717) is 17.0 Å². The molecule has 0 aliphatic heterocycles. The van der Waals surface area contributed by atoms with Crippen LogP contribution in [0.2, 0.25) is 4.34 Å². The van der Waals surface area contributed by atoms with Crippen LogP contribution in [0.5, 0.6) is 0 Å². The fourth-order valence-electron chi connectivity index (χ4n) is 6.41. The number of thiophene rings is 1. The summed E-state index contributed by atoms with van der Waals surface area (Å²) in [5.41, 5.74) is 4.47. The lowest BCUT2D eigenvalue weighted by molar-refractivity contribution is -0.103. The predicted molar refractivity (Wildman–Crippen MR) is 133 cm³/mol. The number of hydrogen-bond acceptors (Lipinski definition) is 3. The molecule has 6 rings (SSSR count). The van der Waals surface area contributed by atoms with Gasteiger partial charge in [0.2, 0.25) is 0 Å². The first-order valence-electron chi connectivity index (χ1n) is 12.1. The zero-order chi connectivity index (χ0) is 22.5. The molecule has 2 aromatic rings. The van der Waals surface area contributed by atoms with Crippen molar-refractivity contribution in [1.29, 1.82) is 0 Å². The first kappa shape index (κ1) is 22.7. The number of nitrogens with zero attached hydrogens (tertiary/aromatic N) is 2. The van der Waals surface area contributed by atoms with Gasteiger partial charge in [0.25, 0.3) is 5.91 Å². The van der Waals surface area contributed by atoms with E-state index in [-0.39, 0.29) is 5.91 Å². The van der Waals surface area contributed by atoms with Crippen LogP contribution in [0.1, 0.15) is 80.4 Å². The van der Waals surface area contributed by atoms with E-state index in [1.807, 2.05) is 6.07 Å². The molecule has 4 nitrogen and oxygen atoms in total. The number of aromatic nitrogens is 2. The summed E-state index contributed by atoms with van der Waals surface area (Å²) in [6, 6.07) is 2.05. The first-order valence-corrected chi connectivity index (χ1v) is 13.9. The molecule has 7 heteroatoms. The van der Waals surface area contributed by atoms with Gasteiger partial charge in [-0.25, -0.2) is 0 Å². The number of nitrogens with one attached hydrogen (secondary N) is 1. The SMILES string of the molecule is CC1(C)C2CCC(CNC(=O)c3nn(CCCCCCCl)c4c3Cc3cc(Cl)sc3-4)C1C2. The lowest BCUT2D eigenvalue weighted by Crippen LogP contribution is -2.54. The van der Waals surface area contributed by atoms with E-state index in [1.54, 1.807) is 11.3 Å². The molecule has 4 aliphatic rings. The summed E-state index contributed by atoms with van der Waals surface area (Å²) in [5, 5.41) is 8.09. The number of alkyl halides is 1. The summed E-state index contributed by atoms with van der Waals surface area (Å²) >= 11 is 13.7. The second-order valence-corrected chi connectivity index (χ2v) is 12.6. The lowest BCUT2D eigenvalue weighted by Gasteiger charge is -2.60. The number of aryl methyl sites for hydroxylation is 1. The van der Waals surface area contributed by atoms with Crippen molar-refractivity contribution in [2.75, 3.05) is 12.4 Å². The van der Waals surface area contributed by atoms with Gasteiger partial charge in [-0.15, -0.1) is 22.9 Å². The molecule has 2 aromatic heterocycles. The normalized spacial score (nSPS) is 24.7. The number of rotatable bonds is 9. The Hall–Kier alpha value is -1.04. The summed E-state index contributed by atoms with van der Waals surface area (Å²) in [5.74, 6) is 2.93. The van der Waals surface area contributed by atoms with E-state index < -0.39 is 0 Å². The second kappa shape index (κ2) is 8.96. The van der Waals surface area contributed by atoms with Crippen LogP contribution in [-0.2, 0) is 13.0 Å². The predicted octanol–water partition coefficient (Wildman–Crippen LogP) is 6.77. The van der Waals surface area contributed by atoms with Gasteiger partial charge in [0.1, 0.15) is 0 Å². The minimum atomic E-state index is -0.0114. The largest absolute Gasteiger partial charge is 0.350 e. The maximum absolute atomic E-state index is 13.3. The minimum absolute atomic E-state index is 0.0114.